The highest BCUT2D eigenvalue weighted by Gasteiger charge is 2.13. The van der Waals surface area contributed by atoms with Crippen LogP contribution in [0, 0.1) is 0 Å². The lowest BCUT2D eigenvalue weighted by Crippen LogP contribution is -2.12. The zero-order valence-corrected chi connectivity index (χ0v) is 13.0. The van der Waals surface area contributed by atoms with Crippen molar-refractivity contribution >= 4 is 51.5 Å². The molecule has 0 atom stereocenters. The molecule has 2 aromatic heterocycles. The molecule has 0 saturated carbocycles. The number of nitrogens with zero attached hydrogens (tertiary/aromatic N) is 1. The van der Waals surface area contributed by atoms with E-state index in [0.717, 1.165) is 5.69 Å². The quantitative estimate of drug-likeness (QED) is 0.745. The Morgan fingerprint density at radius 2 is 2.19 bits per heavy atom. The second-order valence-electron chi connectivity index (χ2n) is 4.19. The van der Waals surface area contributed by atoms with Crippen molar-refractivity contribution in [1.82, 2.24) is 9.97 Å². The molecule has 21 heavy (non-hydrogen) atoms. The largest absolute Gasteiger partial charge is 0.481 e. The Morgan fingerprint density at radius 1 is 1.43 bits per heavy atom. The van der Waals surface area contributed by atoms with Gasteiger partial charge in [0.15, 0.2) is 5.13 Å². The minimum atomic E-state index is -0.834. The van der Waals surface area contributed by atoms with Gasteiger partial charge in [0.25, 0.3) is 5.91 Å². The number of carbonyl (C=O) groups excluding carboxylic acids is 1. The molecule has 3 N–H and O–H groups in total. The van der Waals surface area contributed by atoms with E-state index in [1.807, 2.05) is 0 Å². The Bertz CT molecular complexity index is 649. The third-order valence-corrected chi connectivity index (χ3v) is 4.07. The van der Waals surface area contributed by atoms with Crippen molar-refractivity contribution in [1.29, 1.82) is 0 Å². The molecule has 0 aliphatic rings. The van der Waals surface area contributed by atoms with Gasteiger partial charge in [-0.2, -0.15) is 0 Å². The van der Waals surface area contributed by atoms with Crippen molar-refractivity contribution in [2.75, 3.05) is 5.32 Å². The lowest BCUT2D eigenvalue weighted by atomic mass is 10.2. The van der Waals surface area contributed by atoms with Crippen LogP contribution in [0.1, 0.15) is 29.0 Å². The number of anilines is 1. The molecule has 0 bridgehead atoms. The van der Waals surface area contributed by atoms with Crippen LogP contribution in [0.25, 0.3) is 0 Å². The van der Waals surface area contributed by atoms with E-state index in [2.05, 4.69) is 15.3 Å². The molecule has 0 unspecified atom stereocenters. The van der Waals surface area contributed by atoms with E-state index in [4.69, 9.17) is 28.3 Å². The number of carboxylic acid groups (broad SMARTS) is 1. The van der Waals surface area contributed by atoms with Crippen molar-refractivity contribution in [3.05, 3.63) is 33.0 Å². The minimum Gasteiger partial charge on any atom is -0.481 e. The first-order valence-corrected chi connectivity index (χ1v) is 7.61. The number of rotatable bonds is 6. The molecule has 0 aliphatic heterocycles. The molecule has 1 amide bonds. The molecule has 0 fully saturated rings. The summed E-state index contributed by atoms with van der Waals surface area (Å²) in [6.07, 6.45) is 1.16. The summed E-state index contributed by atoms with van der Waals surface area (Å²) in [5.74, 6) is -1.23. The van der Waals surface area contributed by atoms with Crippen molar-refractivity contribution in [2.24, 2.45) is 0 Å². The number of H-pyrrole nitrogens is 1. The SMILES string of the molecule is O=C(O)CCCc1csc(NC(=O)c2cc(Cl)c(Cl)[nH]2)n1. The molecule has 6 nitrogen and oxygen atoms in total. The van der Waals surface area contributed by atoms with Crippen LogP contribution in [-0.2, 0) is 11.2 Å². The van der Waals surface area contributed by atoms with Crippen LogP contribution in [0.3, 0.4) is 0 Å². The maximum atomic E-state index is 11.9. The normalized spacial score (nSPS) is 10.6. The minimum absolute atomic E-state index is 0.0959. The van der Waals surface area contributed by atoms with Crippen molar-refractivity contribution < 1.29 is 14.7 Å². The van der Waals surface area contributed by atoms with Gasteiger partial charge in [0.1, 0.15) is 10.8 Å². The van der Waals surface area contributed by atoms with Crippen LogP contribution < -0.4 is 5.32 Å². The maximum Gasteiger partial charge on any atom is 0.303 e. The predicted molar refractivity (Wildman–Crippen MR) is 81.5 cm³/mol. The van der Waals surface area contributed by atoms with Crippen molar-refractivity contribution in [3.8, 4) is 0 Å². The van der Waals surface area contributed by atoms with E-state index in [0.29, 0.717) is 18.0 Å². The number of hydrogen-bond acceptors (Lipinski definition) is 4. The molecule has 9 heteroatoms. The van der Waals surface area contributed by atoms with Gasteiger partial charge >= 0.3 is 5.97 Å². The second kappa shape index (κ2) is 6.93. The summed E-state index contributed by atoms with van der Waals surface area (Å²) < 4.78 is 0. The van der Waals surface area contributed by atoms with Crippen LogP contribution in [0.4, 0.5) is 5.13 Å². The van der Waals surface area contributed by atoms with Gasteiger partial charge < -0.3 is 10.1 Å². The van der Waals surface area contributed by atoms with Crippen molar-refractivity contribution in [3.63, 3.8) is 0 Å². The van der Waals surface area contributed by atoms with Gasteiger partial charge in [-0.1, -0.05) is 23.2 Å². The van der Waals surface area contributed by atoms with E-state index in [1.165, 1.54) is 17.4 Å². The maximum absolute atomic E-state index is 11.9. The molecule has 0 saturated heterocycles. The highest BCUT2D eigenvalue weighted by atomic mass is 35.5. The number of aryl methyl sites for hydroxylation is 1. The number of halogens is 2. The fourth-order valence-corrected chi connectivity index (χ4v) is 2.64. The number of aromatic amines is 1. The van der Waals surface area contributed by atoms with Crippen molar-refractivity contribution in [2.45, 2.75) is 19.3 Å². The molecule has 0 radical (unpaired) electrons. The molecule has 0 aromatic carbocycles. The van der Waals surface area contributed by atoms with E-state index in [1.54, 1.807) is 5.38 Å². The summed E-state index contributed by atoms with van der Waals surface area (Å²) in [5.41, 5.74) is 0.992. The average molecular weight is 348 g/mol. The van der Waals surface area contributed by atoms with Crippen LogP contribution >= 0.6 is 34.5 Å². The second-order valence-corrected chi connectivity index (χ2v) is 5.83. The van der Waals surface area contributed by atoms with Gasteiger partial charge in [0, 0.05) is 11.8 Å². The summed E-state index contributed by atoms with van der Waals surface area (Å²) in [7, 11) is 0. The van der Waals surface area contributed by atoms with Crippen LogP contribution in [0.2, 0.25) is 10.2 Å². The zero-order chi connectivity index (χ0) is 15.4. The first-order chi connectivity index (χ1) is 9.95. The molecule has 112 valence electrons. The lowest BCUT2D eigenvalue weighted by Gasteiger charge is -1.98. The number of carbonyl (C=O) groups is 2. The number of amides is 1. The van der Waals surface area contributed by atoms with Gasteiger partial charge in [0.05, 0.1) is 10.7 Å². The molecule has 2 heterocycles. The van der Waals surface area contributed by atoms with Crippen LogP contribution in [0.15, 0.2) is 11.4 Å². The average Bonchev–Trinajstić information content (AvgIpc) is 2.97. The zero-order valence-electron chi connectivity index (χ0n) is 10.7. The first kappa shape index (κ1) is 15.8. The molecule has 0 aliphatic carbocycles. The molecule has 0 spiro atoms. The van der Waals surface area contributed by atoms with Gasteiger partial charge in [-0.25, -0.2) is 4.98 Å². The monoisotopic (exact) mass is 347 g/mol. The van der Waals surface area contributed by atoms with Gasteiger partial charge in [-0.3, -0.25) is 14.9 Å². The number of hydrogen-bond donors (Lipinski definition) is 3. The van der Waals surface area contributed by atoms with E-state index < -0.39 is 11.9 Å². The predicted octanol–water partition coefficient (Wildman–Crippen LogP) is 3.44. The number of nitrogens with one attached hydrogen (secondary N) is 2. The summed E-state index contributed by atoms with van der Waals surface area (Å²) in [6, 6.07) is 1.43. The first-order valence-electron chi connectivity index (χ1n) is 5.97. The van der Waals surface area contributed by atoms with Crippen LogP contribution in [0.5, 0.6) is 0 Å². The summed E-state index contributed by atoms with van der Waals surface area (Å²) in [5, 5.41) is 13.9. The van der Waals surface area contributed by atoms with Gasteiger partial charge in [-0.15, -0.1) is 11.3 Å². The number of thiazole rings is 1. The Morgan fingerprint density at radius 3 is 2.81 bits per heavy atom. The topological polar surface area (TPSA) is 95.1 Å². The smallest absolute Gasteiger partial charge is 0.303 e. The fraction of sp³-hybridized carbons (Fsp3) is 0.250. The van der Waals surface area contributed by atoms with Gasteiger partial charge in [0.2, 0.25) is 0 Å². The summed E-state index contributed by atoms with van der Waals surface area (Å²) in [6.45, 7) is 0. The number of aliphatic carboxylic acids is 1. The molecular formula is C12H11Cl2N3O3S. The molecular weight excluding hydrogens is 337 g/mol. The van der Waals surface area contributed by atoms with E-state index in [-0.39, 0.29) is 22.3 Å². The Labute approximate surface area is 134 Å². The third kappa shape index (κ3) is 4.45. The Kier molecular flexibility index (Phi) is 5.22. The molecule has 2 rings (SSSR count). The van der Waals surface area contributed by atoms with Gasteiger partial charge in [-0.05, 0) is 18.9 Å². The Hall–Kier alpha value is -1.57. The van der Waals surface area contributed by atoms with Crippen LogP contribution in [-0.4, -0.2) is 27.0 Å². The third-order valence-electron chi connectivity index (χ3n) is 2.57. The molecule has 2 aromatic rings. The fourth-order valence-electron chi connectivity index (χ4n) is 1.59. The lowest BCUT2D eigenvalue weighted by molar-refractivity contribution is -0.137. The number of aromatic nitrogens is 2. The van der Waals surface area contributed by atoms with E-state index in [9.17, 15) is 9.59 Å². The number of carboxylic acids is 1. The highest BCUT2D eigenvalue weighted by molar-refractivity contribution is 7.13. The standard InChI is InChI=1S/C12H11Cl2N3O3S/c13-7-4-8(16-10(7)14)11(20)17-12-15-6(5-21-12)2-1-3-9(18)19/h4-5,16H,1-3H2,(H,18,19)(H,15,17,20). The summed E-state index contributed by atoms with van der Waals surface area (Å²) >= 11 is 12.8. The van der Waals surface area contributed by atoms with E-state index >= 15 is 0 Å². The summed E-state index contributed by atoms with van der Waals surface area (Å²) in [4.78, 5) is 29.2. The Balaban J connectivity index is 1.92. The highest BCUT2D eigenvalue weighted by Crippen LogP contribution is 2.23.